The molecule has 7 aliphatic carbocycles. The van der Waals surface area contributed by atoms with Crippen LogP contribution in [0.25, 0.3) is 0 Å². The minimum atomic E-state index is -1.63. The van der Waals surface area contributed by atoms with E-state index >= 15 is 4.79 Å². The van der Waals surface area contributed by atoms with Gasteiger partial charge >= 0.3 is 0 Å². The van der Waals surface area contributed by atoms with Crippen LogP contribution in [0.2, 0.25) is 0 Å². The van der Waals surface area contributed by atoms with Crippen molar-refractivity contribution >= 4 is 5.78 Å². The maximum absolute atomic E-state index is 15.5. The Morgan fingerprint density at radius 3 is 2.47 bits per heavy atom. The van der Waals surface area contributed by atoms with Gasteiger partial charge in [0.05, 0.1) is 53.6 Å². The molecule has 0 aromatic rings. The summed E-state index contributed by atoms with van der Waals surface area (Å²) in [6.07, 6.45) is 19.6. The maximum atomic E-state index is 15.5. The Kier molecular flexibility index (Phi) is 12.3. The number of nitrogens with one attached hydrogen (secondary N) is 2. The molecule has 0 aromatic carbocycles. The van der Waals surface area contributed by atoms with Crippen LogP contribution in [-0.2, 0) is 9.53 Å². The Hall–Kier alpha value is -2.09. The van der Waals surface area contributed by atoms with Crippen LogP contribution in [0, 0.1) is 64.1 Å². The summed E-state index contributed by atoms with van der Waals surface area (Å²) >= 11 is 0. The van der Waals surface area contributed by atoms with Crippen LogP contribution in [0.4, 0.5) is 0 Å². The van der Waals surface area contributed by atoms with Gasteiger partial charge in [-0.05, 0) is 149 Å². The Balaban J connectivity index is 1.18. The molecule has 1 spiro atoms. The Labute approximate surface area is 370 Å². The Bertz CT molecular complexity index is 1810. The summed E-state index contributed by atoms with van der Waals surface area (Å²) in [5.41, 5.74) is 3.38. The highest BCUT2D eigenvalue weighted by Gasteiger charge is 2.76. The van der Waals surface area contributed by atoms with Crippen LogP contribution < -0.4 is 16.4 Å². The van der Waals surface area contributed by atoms with Crippen LogP contribution in [0.5, 0.6) is 0 Å². The molecule has 19 atom stereocenters. The lowest BCUT2D eigenvalue weighted by Crippen LogP contribution is -2.69. The predicted molar refractivity (Wildman–Crippen MR) is 238 cm³/mol. The van der Waals surface area contributed by atoms with E-state index in [0.717, 1.165) is 56.9 Å². The number of aliphatic hydroxyl groups is 6. The normalized spacial score (nSPS) is 47.4. The summed E-state index contributed by atoms with van der Waals surface area (Å²) < 4.78 is 6.90. The van der Waals surface area contributed by atoms with Crippen molar-refractivity contribution in [3.8, 4) is 0 Å². The molecule has 11 heteroatoms. The largest absolute Gasteiger partial charge is 0.392 e. The molecule has 2 aliphatic heterocycles. The summed E-state index contributed by atoms with van der Waals surface area (Å²) in [7, 11) is 0. The van der Waals surface area contributed by atoms with Gasteiger partial charge < -0.3 is 51.7 Å². The number of aliphatic hydroxyl groups excluding tert-OH is 4. The lowest BCUT2D eigenvalue weighted by molar-refractivity contribution is -0.225. The van der Waals surface area contributed by atoms with Gasteiger partial charge in [-0.2, -0.15) is 0 Å². The SMILES string of the molecule is CCC[C@H]1CC[C@H]2[C@H](C)[C@H]([C@@H](O)[C@](C)(O)[C@H]3CC[C@@]4(O)C5=C(NC[C@H](C)O)C(=O)[C@@H]6C[C@@H](O)[C@@H](O)C[C@@]67C[C@@H](C6=CNC(N)C=C6)C=C[C@H](C[C@]34C3CCCCC3)[C@@H]57)O[C@@H]2CC1. The van der Waals surface area contributed by atoms with Gasteiger partial charge in [0.2, 0.25) is 0 Å². The molecular weight excluding hydrogens is 783 g/mol. The fraction of sp³-hybridized carbons (Fsp3) is 0.824. The molecular formula is C51H79N3O8. The predicted octanol–water partition coefficient (Wildman–Crippen LogP) is 5.28. The number of ketones is 1. The van der Waals surface area contributed by atoms with Crippen LogP contribution in [0.1, 0.15) is 137 Å². The molecule has 10 N–H and O–H groups in total. The second-order valence-electron chi connectivity index (χ2n) is 22.4. The third-order valence-electron chi connectivity index (χ3n) is 19.1. The van der Waals surface area contributed by atoms with Crippen molar-refractivity contribution in [2.75, 3.05) is 6.54 Å². The van der Waals surface area contributed by atoms with E-state index in [0.29, 0.717) is 48.8 Å². The molecule has 5 saturated carbocycles. The van der Waals surface area contributed by atoms with Gasteiger partial charge in [-0.25, -0.2) is 0 Å². The summed E-state index contributed by atoms with van der Waals surface area (Å²) in [5, 5.41) is 80.9. The first-order valence-electron chi connectivity index (χ1n) is 25.0. The minimum absolute atomic E-state index is 0.0204. The van der Waals surface area contributed by atoms with Crippen LogP contribution in [-0.4, -0.2) is 97.0 Å². The molecule has 9 rings (SSSR count). The van der Waals surface area contributed by atoms with E-state index in [4.69, 9.17) is 10.5 Å². The van der Waals surface area contributed by atoms with Crippen molar-refractivity contribution < 1.29 is 40.2 Å². The number of ether oxygens (including phenoxy) is 1. The molecule has 6 fully saturated rings. The van der Waals surface area contributed by atoms with Gasteiger partial charge in [0.1, 0.15) is 6.10 Å². The highest BCUT2D eigenvalue weighted by molar-refractivity contribution is 6.00. The molecule has 11 nitrogen and oxygen atoms in total. The molecule has 2 heterocycles. The number of fused-ring (bicyclic) bond motifs is 3. The molecule has 0 aromatic heterocycles. The number of Topliss-reactive ketones (excluding diaryl/α,β-unsaturated/α-hetero) is 1. The smallest absolute Gasteiger partial charge is 0.182 e. The molecule has 0 amide bonds. The average Bonchev–Trinajstić information content (AvgIpc) is 3.58. The van der Waals surface area contributed by atoms with Crippen molar-refractivity contribution in [3.05, 3.63) is 47.3 Å². The summed E-state index contributed by atoms with van der Waals surface area (Å²) in [6.45, 7) is 8.08. The van der Waals surface area contributed by atoms with E-state index in [1.807, 2.05) is 19.2 Å². The Morgan fingerprint density at radius 2 is 1.76 bits per heavy atom. The van der Waals surface area contributed by atoms with Crippen molar-refractivity contribution in [3.63, 3.8) is 0 Å². The molecule has 346 valence electrons. The number of carbonyl (C=O) groups is 1. The van der Waals surface area contributed by atoms with Gasteiger partial charge in [0.25, 0.3) is 0 Å². The average molecular weight is 862 g/mol. The zero-order valence-corrected chi connectivity index (χ0v) is 37.9. The first-order chi connectivity index (χ1) is 29.6. The highest BCUT2D eigenvalue weighted by atomic mass is 16.5. The second kappa shape index (κ2) is 17.0. The first-order valence-corrected chi connectivity index (χ1v) is 25.0. The van der Waals surface area contributed by atoms with Crippen molar-refractivity contribution in [1.82, 2.24) is 10.6 Å². The van der Waals surface area contributed by atoms with E-state index < -0.39 is 64.4 Å². The third kappa shape index (κ3) is 7.07. The summed E-state index contributed by atoms with van der Waals surface area (Å²) in [6, 6.07) is 0. The van der Waals surface area contributed by atoms with Gasteiger partial charge in [0.15, 0.2) is 5.78 Å². The molecule has 0 radical (unpaired) electrons. The van der Waals surface area contributed by atoms with Crippen molar-refractivity contribution in [2.24, 2.45) is 69.8 Å². The van der Waals surface area contributed by atoms with E-state index in [1.165, 1.54) is 19.3 Å². The lowest BCUT2D eigenvalue weighted by Gasteiger charge is -2.66. The Morgan fingerprint density at radius 1 is 1.00 bits per heavy atom. The number of carbonyl (C=O) groups excluding carboxylic acids is 1. The van der Waals surface area contributed by atoms with Crippen LogP contribution >= 0.6 is 0 Å². The fourth-order valence-corrected chi connectivity index (χ4v) is 16.4. The summed E-state index contributed by atoms with van der Waals surface area (Å²) in [4.78, 5) is 15.5. The van der Waals surface area contributed by atoms with Crippen LogP contribution in [0.3, 0.4) is 0 Å². The molecule has 1 unspecified atom stereocenters. The topological polar surface area (TPSA) is 198 Å². The maximum Gasteiger partial charge on any atom is 0.182 e. The highest BCUT2D eigenvalue weighted by Crippen LogP contribution is 2.75. The van der Waals surface area contributed by atoms with Gasteiger partial charge in [-0.3, -0.25) is 4.79 Å². The van der Waals surface area contributed by atoms with Crippen LogP contribution in [0.15, 0.2) is 47.3 Å². The number of dihydropyridines is 1. The first kappa shape index (κ1) is 45.1. The molecule has 1 saturated heterocycles. The van der Waals surface area contributed by atoms with Gasteiger partial charge in [-0.1, -0.05) is 70.6 Å². The number of hydrogen-bond donors (Lipinski definition) is 9. The quantitative estimate of drug-likeness (QED) is 0.130. The fourth-order valence-electron chi connectivity index (χ4n) is 16.4. The lowest BCUT2D eigenvalue weighted by atomic mass is 9.39. The zero-order valence-electron chi connectivity index (χ0n) is 37.9. The third-order valence-corrected chi connectivity index (χ3v) is 19.1. The zero-order chi connectivity index (χ0) is 43.9. The molecule has 62 heavy (non-hydrogen) atoms. The number of rotatable bonds is 10. The van der Waals surface area contributed by atoms with Crippen molar-refractivity contribution in [2.45, 2.75) is 191 Å². The second-order valence-corrected chi connectivity index (χ2v) is 22.4. The molecule has 9 aliphatic rings. The van der Waals surface area contributed by atoms with E-state index in [1.54, 1.807) is 6.92 Å². The minimum Gasteiger partial charge on any atom is -0.392 e. The van der Waals surface area contributed by atoms with Gasteiger partial charge in [-0.15, -0.1) is 0 Å². The molecule has 0 bridgehead atoms. The van der Waals surface area contributed by atoms with E-state index in [2.05, 4.69) is 42.7 Å². The van der Waals surface area contributed by atoms with E-state index in [9.17, 15) is 30.6 Å². The number of nitrogens with two attached hydrogens (primary N) is 1. The van der Waals surface area contributed by atoms with E-state index in [-0.39, 0.29) is 67.0 Å². The standard InChI is InChI=1S/C51H79N3O8/c1-5-9-30-12-17-35-29(3)46(62-39(35)18-13-30)47(59)48(4,60)40-20-21-51(61)43-42-32(24-50(40,51)34-10-7-6-8-11-34)15-14-31(33-16-19-41(52)53-27-33)23-49(42)25-38(57)37(56)22-36(49)45(58)44(43)54-26-28(2)55/h14-16,19,27-32,34-42,46-47,53-57,59-61H,5-13,17-18,20-26,52H2,1-4H3/t28-,29-,30-,31-,32+,35-,36-,37+,38-,39+,40+,41?,42-,46+,47+,48+,49-,50-,51+/m0/s1. The van der Waals surface area contributed by atoms with Gasteiger partial charge in [0, 0.05) is 30.0 Å². The monoisotopic (exact) mass is 862 g/mol. The number of hydrogen-bond acceptors (Lipinski definition) is 11. The number of allylic oxidation sites excluding steroid dienone is 5. The van der Waals surface area contributed by atoms with Crippen molar-refractivity contribution in [1.29, 1.82) is 0 Å². The summed E-state index contributed by atoms with van der Waals surface area (Å²) in [5.74, 6) is -0.848.